The fraction of sp³-hybridized carbons (Fsp3) is 0.286. The van der Waals surface area contributed by atoms with Crippen LogP contribution in [0.15, 0.2) is 35.0 Å². The standard InChI is InChI=1S/C21H22FN7O2/c1-21(2,3)20-26-18(29-31-20)19(30)25-10-12-6-5-11(9-14(12)22)13-7-8-24-17-15(13)16(23-4)27-28-17/h5-9H,10H2,1-4H3,(H,25,30)(H2,23,24,27,28). The number of halogens is 1. The van der Waals surface area contributed by atoms with Crippen LogP contribution in [0, 0.1) is 5.82 Å². The maximum absolute atomic E-state index is 14.8. The Morgan fingerprint density at radius 1 is 1.26 bits per heavy atom. The van der Waals surface area contributed by atoms with E-state index in [2.05, 4.69) is 36.0 Å². The van der Waals surface area contributed by atoms with Gasteiger partial charge in [-0.15, -0.1) is 0 Å². The lowest BCUT2D eigenvalue weighted by molar-refractivity contribution is 0.0937. The Kier molecular flexibility index (Phi) is 5.14. The van der Waals surface area contributed by atoms with Crippen molar-refractivity contribution in [3.63, 3.8) is 0 Å². The van der Waals surface area contributed by atoms with Gasteiger partial charge in [-0.1, -0.05) is 38.1 Å². The SMILES string of the molecule is CNc1n[nH]c2nccc(-c3ccc(CNC(=O)c4noc(C(C)(C)C)n4)c(F)c3)c12. The molecule has 0 aliphatic heterocycles. The molecule has 0 aliphatic carbocycles. The van der Waals surface area contributed by atoms with Gasteiger partial charge in [0.1, 0.15) is 5.82 Å². The second kappa shape index (κ2) is 7.78. The van der Waals surface area contributed by atoms with Crippen molar-refractivity contribution < 1.29 is 13.7 Å². The summed E-state index contributed by atoms with van der Waals surface area (Å²) in [4.78, 5) is 20.7. The molecule has 4 rings (SSSR count). The number of fused-ring (bicyclic) bond motifs is 1. The first-order valence-corrected chi connectivity index (χ1v) is 9.70. The van der Waals surface area contributed by atoms with E-state index in [0.29, 0.717) is 28.5 Å². The van der Waals surface area contributed by atoms with Gasteiger partial charge in [-0.25, -0.2) is 9.37 Å². The Hall–Kier alpha value is -3.82. The molecular formula is C21H22FN7O2. The van der Waals surface area contributed by atoms with Crippen molar-refractivity contribution in [3.05, 3.63) is 53.6 Å². The van der Waals surface area contributed by atoms with E-state index in [4.69, 9.17) is 4.52 Å². The number of nitrogens with one attached hydrogen (secondary N) is 3. The van der Waals surface area contributed by atoms with Crippen LogP contribution in [0.1, 0.15) is 42.8 Å². The van der Waals surface area contributed by atoms with Crippen LogP contribution in [0.25, 0.3) is 22.2 Å². The van der Waals surface area contributed by atoms with Gasteiger partial charge in [-0.3, -0.25) is 9.89 Å². The number of anilines is 1. The minimum atomic E-state index is -0.532. The quantitative estimate of drug-likeness (QED) is 0.450. The Bertz CT molecular complexity index is 1260. The number of rotatable bonds is 5. The minimum absolute atomic E-state index is 0.0103. The van der Waals surface area contributed by atoms with Gasteiger partial charge >= 0.3 is 0 Å². The van der Waals surface area contributed by atoms with E-state index < -0.39 is 11.7 Å². The molecule has 9 nitrogen and oxygen atoms in total. The first kappa shape index (κ1) is 20.5. The molecule has 31 heavy (non-hydrogen) atoms. The Morgan fingerprint density at radius 2 is 2.06 bits per heavy atom. The lowest BCUT2D eigenvalue weighted by Crippen LogP contribution is -2.24. The number of amides is 1. The van der Waals surface area contributed by atoms with Crippen LogP contribution in [-0.2, 0) is 12.0 Å². The molecule has 0 bridgehead atoms. The van der Waals surface area contributed by atoms with E-state index in [9.17, 15) is 9.18 Å². The molecular weight excluding hydrogens is 401 g/mol. The molecule has 10 heteroatoms. The molecule has 160 valence electrons. The third kappa shape index (κ3) is 3.96. The summed E-state index contributed by atoms with van der Waals surface area (Å²) in [7, 11) is 1.76. The lowest BCUT2D eigenvalue weighted by atomic mass is 9.97. The number of carbonyl (C=O) groups is 1. The van der Waals surface area contributed by atoms with Crippen LogP contribution < -0.4 is 10.6 Å². The van der Waals surface area contributed by atoms with Gasteiger partial charge in [0.15, 0.2) is 11.5 Å². The molecule has 0 spiro atoms. The molecule has 3 N–H and O–H groups in total. The smallest absolute Gasteiger partial charge is 0.292 e. The molecule has 1 amide bonds. The molecule has 0 radical (unpaired) electrons. The number of aromatic amines is 1. The number of H-pyrrole nitrogens is 1. The highest BCUT2D eigenvalue weighted by molar-refractivity contribution is 6.00. The third-order valence-corrected chi connectivity index (χ3v) is 4.77. The van der Waals surface area contributed by atoms with Crippen LogP contribution in [0.4, 0.5) is 10.2 Å². The van der Waals surface area contributed by atoms with Crippen LogP contribution in [-0.4, -0.2) is 38.3 Å². The normalized spacial score (nSPS) is 11.6. The van der Waals surface area contributed by atoms with Gasteiger partial charge in [0, 0.05) is 30.8 Å². The van der Waals surface area contributed by atoms with E-state index in [1.807, 2.05) is 20.8 Å². The van der Waals surface area contributed by atoms with Gasteiger partial charge in [0.05, 0.1) is 5.39 Å². The highest BCUT2D eigenvalue weighted by Crippen LogP contribution is 2.32. The predicted molar refractivity (Wildman–Crippen MR) is 113 cm³/mol. The second-order valence-electron chi connectivity index (χ2n) is 8.07. The summed E-state index contributed by atoms with van der Waals surface area (Å²) in [5.41, 5.74) is 2.04. The Labute approximate surface area is 177 Å². The molecule has 0 unspecified atom stereocenters. The second-order valence-corrected chi connectivity index (χ2v) is 8.07. The fourth-order valence-electron chi connectivity index (χ4n) is 3.11. The average Bonchev–Trinajstić information content (AvgIpc) is 3.39. The van der Waals surface area contributed by atoms with E-state index in [1.165, 1.54) is 6.07 Å². The van der Waals surface area contributed by atoms with Crippen molar-refractivity contribution in [1.82, 2.24) is 30.6 Å². The summed E-state index contributed by atoms with van der Waals surface area (Å²) in [5, 5.41) is 17.1. The zero-order valence-electron chi connectivity index (χ0n) is 17.6. The summed E-state index contributed by atoms with van der Waals surface area (Å²) >= 11 is 0. The first-order chi connectivity index (χ1) is 14.8. The summed E-state index contributed by atoms with van der Waals surface area (Å²) in [6, 6.07) is 6.65. The Balaban J connectivity index is 1.53. The summed E-state index contributed by atoms with van der Waals surface area (Å²) in [6.45, 7) is 5.69. The van der Waals surface area contributed by atoms with Crippen molar-refractivity contribution in [2.45, 2.75) is 32.7 Å². The molecule has 3 aromatic heterocycles. The molecule has 1 aromatic carbocycles. The van der Waals surface area contributed by atoms with Crippen molar-refractivity contribution in [2.75, 3.05) is 12.4 Å². The highest BCUT2D eigenvalue weighted by Gasteiger charge is 2.24. The van der Waals surface area contributed by atoms with Crippen LogP contribution in [0.3, 0.4) is 0 Å². The van der Waals surface area contributed by atoms with Crippen LogP contribution in [0.2, 0.25) is 0 Å². The molecule has 0 saturated heterocycles. The maximum Gasteiger partial charge on any atom is 0.292 e. The number of hydrogen-bond donors (Lipinski definition) is 3. The number of hydrogen-bond acceptors (Lipinski definition) is 7. The minimum Gasteiger partial charge on any atom is -0.371 e. The molecule has 0 fully saturated rings. The van der Waals surface area contributed by atoms with Crippen molar-refractivity contribution >= 4 is 22.8 Å². The van der Waals surface area contributed by atoms with E-state index in [-0.39, 0.29) is 17.8 Å². The Morgan fingerprint density at radius 3 is 2.74 bits per heavy atom. The summed E-state index contributed by atoms with van der Waals surface area (Å²) in [6.07, 6.45) is 1.64. The van der Waals surface area contributed by atoms with Gasteiger partial charge in [-0.05, 0) is 23.3 Å². The molecule has 0 saturated carbocycles. The predicted octanol–water partition coefficient (Wildman–Crippen LogP) is 3.42. The highest BCUT2D eigenvalue weighted by atomic mass is 19.1. The van der Waals surface area contributed by atoms with Gasteiger partial charge in [-0.2, -0.15) is 10.1 Å². The van der Waals surface area contributed by atoms with Gasteiger partial charge in [0.2, 0.25) is 5.89 Å². The summed E-state index contributed by atoms with van der Waals surface area (Å²) < 4.78 is 19.9. The largest absolute Gasteiger partial charge is 0.371 e. The number of pyridine rings is 1. The number of aromatic nitrogens is 5. The van der Waals surface area contributed by atoms with E-state index >= 15 is 0 Å². The zero-order chi connectivity index (χ0) is 22.2. The first-order valence-electron chi connectivity index (χ1n) is 9.70. The number of benzene rings is 1. The van der Waals surface area contributed by atoms with Crippen LogP contribution >= 0.6 is 0 Å². The monoisotopic (exact) mass is 423 g/mol. The topological polar surface area (TPSA) is 122 Å². The average molecular weight is 423 g/mol. The number of nitrogens with zero attached hydrogens (tertiary/aromatic N) is 4. The zero-order valence-corrected chi connectivity index (χ0v) is 17.6. The molecule has 0 atom stereocenters. The molecule has 3 heterocycles. The van der Waals surface area contributed by atoms with Crippen molar-refractivity contribution in [1.29, 1.82) is 0 Å². The summed E-state index contributed by atoms with van der Waals surface area (Å²) in [5.74, 6) is -0.0707. The van der Waals surface area contributed by atoms with E-state index in [0.717, 1.165) is 10.9 Å². The fourth-order valence-corrected chi connectivity index (χ4v) is 3.11. The maximum atomic E-state index is 14.8. The molecule has 0 aliphatic rings. The van der Waals surface area contributed by atoms with Crippen molar-refractivity contribution in [3.8, 4) is 11.1 Å². The van der Waals surface area contributed by atoms with Gasteiger partial charge < -0.3 is 15.2 Å². The van der Waals surface area contributed by atoms with Gasteiger partial charge in [0.25, 0.3) is 11.7 Å². The number of carbonyl (C=O) groups excluding carboxylic acids is 1. The molecule has 4 aromatic rings. The van der Waals surface area contributed by atoms with Crippen LogP contribution in [0.5, 0.6) is 0 Å². The van der Waals surface area contributed by atoms with E-state index in [1.54, 1.807) is 31.4 Å². The lowest BCUT2D eigenvalue weighted by Gasteiger charge is -2.10. The third-order valence-electron chi connectivity index (χ3n) is 4.77. The van der Waals surface area contributed by atoms with Crippen molar-refractivity contribution in [2.24, 2.45) is 0 Å².